The number of hydrogen-bond acceptors (Lipinski definition) is 4. The first-order valence-electron chi connectivity index (χ1n) is 7.28. The van der Waals surface area contributed by atoms with Crippen LogP contribution in [0, 0.1) is 5.92 Å². The molecule has 5 nitrogen and oxygen atoms in total. The summed E-state index contributed by atoms with van der Waals surface area (Å²) in [6.07, 6.45) is 10.5. The van der Waals surface area contributed by atoms with Crippen molar-refractivity contribution in [3.8, 4) is 0 Å². The number of rotatable bonds is 13. The summed E-state index contributed by atoms with van der Waals surface area (Å²) in [6, 6.07) is 0. The standard InChI is InChI=1S/C13H29O5P/c1-13(2)11-9-7-5-3-4-6-8-10-12-17-19(15,16)18-14/h13-14H,3-12H2,1-2H3,(H,15,16). The first-order chi connectivity index (χ1) is 8.98. The molecule has 0 aliphatic carbocycles. The predicted molar refractivity (Wildman–Crippen MR) is 75.9 cm³/mol. The van der Waals surface area contributed by atoms with Crippen molar-refractivity contribution in [1.82, 2.24) is 0 Å². The molecule has 1 unspecified atom stereocenters. The van der Waals surface area contributed by atoms with E-state index in [0.717, 1.165) is 18.8 Å². The Morgan fingerprint density at radius 1 is 0.947 bits per heavy atom. The van der Waals surface area contributed by atoms with E-state index in [-0.39, 0.29) is 6.61 Å². The zero-order valence-electron chi connectivity index (χ0n) is 12.2. The van der Waals surface area contributed by atoms with Crippen LogP contribution in [0.15, 0.2) is 0 Å². The molecule has 0 aliphatic heterocycles. The third-order valence-corrected chi connectivity index (χ3v) is 3.75. The van der Waals surface area contributed by atoms with E-state index in [1.807, 2.05) is 0 Å². The SMILES string of the molecule is CC(C)CCCCCCCCCCOP(=O)(O)OO. The van der Waals surface area contributed by atoms with Gasteiger partial charge in [-0.1, -0.05) is 65.2 Å². The van der Waals surface area contributed by atoms with Gasteiger partial charge < -0.3 is 4.89 Å². The summed E-state index contributed by atoms with van der Waals surface area (Å²) in [7, 11) is -4.20. The molecule has 0 spiro atoms. The van der Waals surface area contributed by atoms with Gasteiger partial charge in [-0.2, -0.15) is 0 Å². The fourth-order valence-electron chi connectivity index (χ4n) is 1.92. The lowest BCUT2D eigenvalue weighted by Gasteiger charge is -2.07. The van der Waals surface area contributed by atoms with Crippen LogP contribution in [0.3, 0.4) is 0 Å². The van der Waals surface area contributed by atoms with Gasteiger partial charge in [0, 0.05) is 0 Å². The first-order valence-corrected chi connectivity index (χ1v) is 8.78. The molecular weight excluding hydrogens is 267 g/mol. The summed E-state index contributed by atoms with van der Waals surface area (Å²) < 4.78 is 18.6. The van der Waals surface area contributed by atoms with Gasteiger partial charge in [0.15, 0.2) is 0 Å². The maximum absolute atomic E-state index is 10.7. The average Bonchev–Trinajstić information content (AvgIpc) is 2.35. The van der Waals surface area contributed by atoms with E-state index in [1.165, 1.54) is 38.5 Å². The normalized spacial score (nSPS) is 14.8. The van der Waals surface area contributed by atoms with Gasteiger partial charge in [0.2, 0.25) is 0 Å². The highest BCUT2D eigenvalue weighted by atomic mass is 31.2. The Labute approximate surface area is 116 Å². The van der Waals surface area contributed by atoms with E-state index in [1.54, 1.807) is 0 Å². The van der Waals surface area contributed by atoms with Gasteiger partial charge in [0.05, 0.1) is 6.61 Å². The van der Waals surface area contributed by atoms with Crippen molar-refractivity contribution in [2.24, 2.45) is 5.92 Å². The van der Waals surface area contributed by atoms with Gasteiger partial charge in [-0.15, -0.1) is 4.67 Å². The van der Waals surface area contributed by atoms with Crippen molar-refractivity contribution in [2.45, 2.75) is 71.6 Å². The molecule has 0 rings (SSSR count). The monoisotopic (exact) mass is 296 g/mol. The van der Waals surface area contributed by atoms with Crippen molar-refractivity contribution in [3.63, 3.8) is 0 Å². The van der Waals surface area contributed by atoms with E-state index >= 15 is 0 Å². The van der Waals surface area contributed by atoms with Crippen molar-refractivity contribution < 1.29 is 23.9 Å². The first kappa shape index (κ1) is 19.1. The molecular formula is C13H29O5P. The minimum Gasteiger partial charge on any atom is -0.301 e. The van der Waals surface area contributed by atoms with Gasteiger partial charge in [-0.05, 0) is 12.3 Å². The highest BCUT2D eigenvalue weighted by Gasteiger charge is 2.19. The van der Waals surface area contributed by atoms with Gasteiger partial charge >= 0.3 is 7.82 Å². The van der Waals surface area contributed by atoms with Crippen LogP contribution >= 0.6 is 7.82 Å². The molecule has 0 aromatic carbocycles. The Balaban J connectivity index is 3.13. The summed E-state index contributed by atoms with van der Waals surface area (Å²) in [5.41, 5.74) is 0. The highest BCUT2D eigenvalue weighted by molar-refractivity contribution is 7.47. The number of hydrogen-bond donors (Lipinski definition) is 2. The summed E-state index contributed by atoms with van der Waals surface area (Å²) >= 11 is 0. The maximum atomic E-state index is 10.7. The second-order valence-electron chi connectivity index (χ2n) is 5.39. The molecule has 0 heterocycles. The van der Waals surface area contributed by atoms with E-state index in [9.17, 15) is 4.57 Å². The second kappa shape index (κ2) is 11.9. The number of unbranched alkanes of at least 4 members (excludes halogenated alkanes) is 7. The van der Waals surface area contributed by atoms with Crippen molar-refractivity contribution >= 4 is 7.82 Å². The lowest BCUT2D eigenvalue weighted by Crippen LogP contribution is -1.94. The van der Waals surface area contributed by atoms with Crippen LogP contribution in [-0.2, 0) is 13.8 Å². The minimum atomic E-state index is -4.20. The van der Waals surface area contributed by atoms with E-state index in [0.29, 0.717) is 6.42 Å². The Morgan fingerprint density at radius 3 is 1.89 bits per heavy atom. The molecule has 0 saturated carbocycles. The average molecular weight is 296 g/mol. The third kappa shape index (κ3) is 14.3. The molecule has 0 aliphatic rings. The minimum absolute atomic E-state index is 0.142. The molecule has 6 heteroatoms. The van der Waals surface area contributed by atoms with Crippen LogP contribution in [0.25, 0.3) is 0 Å². The van der Waals surface area contributed by atoms with Gasteiger partial charge in [-0.25, -0.2) is 9.82 Å². The summed E-state index contributed by atoms with van der Waals surface area (Å²) in [6.45, 7) is 4.66. The van der Waals surface area contributed by atoms with Crippen molar-refractivity contribution in [2.75, 3.05) is 6.61 Å². The molecule has 2 N–H and O–H groups in total. The molecule has 19 heavy (non-hydrogen) atoms. The molecule has 0 saturated heterocycles. The topological polar surface area (TPSA) is 76.0 Å². The second-order valence-corrected chi connectivity index (χ2v) is 6.75. The van der Waals surface area contributed by atoms with Gasteiger partial charge in [0.1, 0.15) is 0 Å². The number of phosphoric acid groups is 1. The van der Waals surface area contributed by atoms with Crippen LogP contribution in [0.4, 0.5) is 0 Å². The van der Waals surface area contributed by atoms with Crippen molar-refractivity contribution in [1.29, 1.82) is 0 Å². The zero-order valence-corrected chi connectivity index (χ0v) is 13.1. The predicted octanol–water partition coefficient (Wildman–Crippen LogP) is 4.76. The Kier molecular flexibility index (Phi) is 11.9. The van der Waals surface area contributed by atoms with Crippen LogP contribution in [0.2, 0.25) is 0 Å². The lowest BCUT2D eigenvalue weighted by atomic mass is 10.0. The molecule has 0 bridgehead atoms. The summed E-state index contributed by atoms with van der Waals surface area (Å²) in [4.78, 5) is 8.75. The van der Waals surface area contributed by atoms with E-state index in [4.69, 9.17) is 10.2 Å². The van der Waals surface area contributed by atoms with Crippen LogP contribution in [0.1, 0.15) is 71.6 Å². The van der Waals surface area contributed by atoms with Crippen LogP contribution in [0.5, 0.6) is 0 Å². The maximum Gasteiger partial charge on any atom is 0.499 e. The van der Waals surface area contributed by atoms with Crippen LogP contribution < -0.4 is 0 Å². The summed E-state index contributed by atoms with van der Waals surface area (Å²) in [5.74, 6) is 0.811. The molecule has 116 valence electrons. The lowest BCUT2D eigenvalue weighted by molar-refractivity contribution is -0.162. The molecule has 0 radical (unpaired) electrons. The highest BCUT2D eigenvalue weighted by Crippen LogP contribution is 2.41. The van der Waals surface area contributed by atoms with Crippen molar-refractivity contribution in [3.05, 3.63) is 0 Å². The zero-order chi connectivity index (χ0) is 14.6. The van der Waals surface area contributed by atoms with E-state index in [2.05, 4.69) is 23.0 Å². The fraction of sp³-hybridized carbons (Fsp3) is 1.00. The molecule has 0 aromatic heterocycles. The Morgan fingerprint density at radius 2 is 1.42 bits per heavy atom. The third-order valence-electron chi connectivity index (χ3n) is 3.03. The molecule has 0 fully saturated rings. The number of phosphoric ester groups is 1. The quantitative estimate of drug-likeness (QED) is 0.222. The fourth-order valence-corrected chi connectivity index (χ4v) is 2.33. The van der Waals surface area contributed by atoms with E-state index < -0.39 is 7.82 Å². The molecule has 0 amide bonds. The molecule has 0 aromatic rings. The summed E-state index contributed by atoms with van der Waals surface area (Å²) in [5, 5.41) is 8.03. The Bertz CT molecular complexity index is 245. The smallest absolute Gasteiger partial charge is 0.301 e. The Hall–Kier alpha value is 0.0700. The van der Waals surface area contributed by atoms with Gasteiger partial charge in [-0.3, -0.25) is 4.52 Å². The van der Waals surface area contributed by atoms with Gasteiger partial charge in [0.25, 0.3) is 0 Å². The van der Waals surface area contributed by atoms with Crippen LogP contribution in [-0.4, -0.2) is 16.8 Å². The molecule has 1 atom stereocenters. The largest absolute Gasteiger partial charge is 0.499 e.